The van der Waals surface area contributed by atoms with Crippen LogP contribution in [0, 0.1) is 0 Å². The van der Waals surface area contributed by atoms with E-state index in [0.717, 1.165) is 6.42 Å². The Hall–Kier alpha value is -0.0831. The molecule has 0 aliphatic heterocycles. The highest BCUT2D eigenvalue weighted by molar-refractivity contribution is 6.73. The zero-order valence-corrected chi connectivity index (χ0v) is 13.4. The summed E-state index contributed by atoms with van der Waals surface area (Å²) in [5.41, 5.74) is 0. The van der Waals surface area contributed by atoms with E-state index in [2.05, 4.69) is 34.3 Å². The smallest absolute Gasteiger partial charge is 0.192 e. The van der Waals surface area contributed by atoms with Crippen molar-refractivity contribution in [2.45, 2.75) is 84.0 Å². The van der Waals surface area contributed by atoms with Crippen molar-refractivity contribution in [3.8, 4) is 0 Å². The van der Waals surface area contributed by atoms with Gasteiger partial charge in [-0.25, -0.2) is 0 Å². The number of rotatable bonds is 11. The monoisotopic (exact) mass is 256 g/mol. The van der Waals surface area contributed by atoms with Crippen molar-refractivity contribution in [3.63, 3.8) is 0 Å². The van der Waals surface area contributed by atoms with Gasteiger partial charge in [0.2, 0.25) is 0 Å². The summed E-state index contributed by atoms with van der Waals surface area (Å²) in [7, 11) is -1.43. The lowest BCUT2D eigenvalue weighted by atomic mass is 10.1. The lowest BCUT2D eigenvalue weighted by Crippen LogP contribution is -2.39. The summed E-state index contributed by atoms with van der Waals surface area (Å²) in [6.07, 6.45) is 8.63. The quantitative estimate of drug-likeness (QED) is 0.268. The molecule has 0 N–H and O–H groups in total. The Morgan fingerprint density at radius 3 is 2.06 bits per heavy atom. The molecule has 0 aliphatic carbocycles. The predicted octanol–water partition coefficient (Wildman–Crippen LogP) is 5.53. The highest BCUT2D eigenvalue weighted by Crippen LogP contribution is 2.26. The summed E-state index contributed by atoms with van der Waals surface area (Å²) in [6, 6.07) is 3.75. The van der Waals surface area contributed by atoms with E-state index < -0.39 is 8.32 Å². The van der Waals surface area contributed by atoms with Crippen LogP contribution in [0.3, 0.4) is 0 Å². The molecule has 0 rings (SSSR count). The maximum atomic E-state index is 6.54. The fourth-order valence-corrected chi connectivity index (χ4v) is 5.31. The van der Waals surface area contributed by atoms with Gasteiger partial charge >= 0.3 is 0 Å². The molecular weight excluding hydrogens is 224 g/mol. The van der Waals surface area contributed by atoms with Crippen LogP contribution in [0.25, 0.3) is 0 Å². The maximum absolute atomic E-state index is 6.54. The summed E-state index contributed by atoms with van der Waals surface area (Å²) in [5, 5.41) is 0. The average Bonchev–Trinajstić information content (AvgIpc) is 2.36. The van der Waals surface area contributed by atoms with Crippen molar-refractivity contribution < 1.29 is 4.43 Å². The molecule has 0 fully saturated rings. The van der Waals surface area contributed by atoms with E-state index in [1.165, 1.54) is 43.8 Å². The van der Waals surface area contributed by atoms with Gasteiger partial charge in [-0.1, -0.05) is 53.0 Å². The molecule has 0 spiro atoms. The number of hydrogen-bond acceptors (Lipinski definition) is 1. The van der Waals surface area contributed by atoms with Crippen LogP contribution in [0.1, 0.15) is 59.8 Å². The number of unbranched alkanes of at least 4 members (excludes halogenated alkanes) is 2. The summed E-state index contributed by atoms with van der Waals surface area (Å²) in [5.74, 6) is 0. The predicted molar refractivity (Wildman–Crippen MR) is 81.0 cm³/mol. The van der Waals surface area contributed by atoms with Gasteiger partial charge in [0, 0.05) is 6.10 Å². The molecule has 0 saturated heterocycles. The molecule has 0 aromatic carbocycles. The third-order valence-corrected chi connectivity index (χ3v) is 8.61. The minimum Gasteiger partial charge on any atom is -0.414 e. The molecule has 102 valence electrons. The topological polar surface area (TPSA) is 9.23 Å². The van der Waals surface area contributed by atoms with E-state index >= 15 is 0 Å². The van der Waals surface area contributed by atoms with Crippen LogP contribution in [-0.4, -0.2) is 14.4 Å². The van der Waals surface area contributed by atoms with Gasteiger partial charge < -0.3 is 4.43 Å². The van der Waals surface area contributed by atoms with Crippen molar-refractivity contribution >= 4 is 8.32 Å². The zero-order valence-electron chi connectivity index (χ0n) is 12.4. The van der Waals surface area contributed by atoms with Crippen LogP contribution in [0.2, 0.25) is 18.1 Å². The fourth-order valence-electron chi connectivity index (χ4n) is 2.39. The molecule has 1 unspecified atom stereocenters. The van der Waals surface area contributed by atoms with Gasteiger partial charge in [-0.05, 0) is 31.0 Å². The number of hydrogen-bond donors (Lipinski definition) is 0. The first-order valence-corrected chi connectivity index (χ1v) is 9.99. The normalized spacial score (nSPS) is 13.6. The van der Waals surface area contributed by atoms with Gasteiger partial charge in [0.15, 0.2) is 8.32 Å². The van der Waals surface area contributed by atoms with Gasteiger partial charge in [0.1, 0.15) is 0 Å². The van der Waals surface area contributed by atoms with Crippen molar-refractivity contribution in [2.75, 3.05) is 0 Å². The second kappa shape index (κ2) is 9.90. The molecule has 0 heterocycles. The molecule has 0 aliphatic rings. The third kappa shape index (κ3) is 6.42. The van der Waals surface area contributed by atoms with E-state index in [4.69, 9.17) is 4.43 Å². The second-order valence-corrected chi connectivity index (χ2v) is 9.73. The Kier molecular flexibility index (Phi) is 9.85. The molecule has 0 amide bonds. The van der Waals surface area contributed by atoms with E-state index in [9.17, 15) is 0 Å². The van der Waals surface area contributed by atoms with Gasteiger partial charge in [-0.3, -0.25) is 0 Å². The Bertz CT molecular complexity index is 179. The first-order chi connectivity index (χ1) is 8.17. The summed E-state index contributed by atoms with van der Waals surface area (Å²) >= 11 is 0. The first kappa shape index (κ1) is 16.9. The molecule has 0 saturated carbocycles. The van der Waals surface area contributed by atoms with Crippen LogP contribution >= 0.6 is 0 Å². The SMILES string of the molecule is C=CCC(CCCCC)O[Si](CC)(CC)CC. The largest absolute Gasteiger partial charge is 0.414 e. The minimum atomic E-state index is -1.43. The molecule has 1 atom stereocenters. The van der Waals surface area contributed by atoms with Crippen LogP contribution in [-0.2, 0) is 4.43 Å². The summed E-state index contributed by atoms with van der Waals surface area (Å²) in [6.45, 7) is 13.0. The lowest BCUT2D eigenvalue weighted by Gasteiger charge is -2.33. The Labute approximate surface area is 110 Å². The van der Waals surface area contributed by atoms with Crippen LogP contribution < -0.4 is 0 Å². The third-order valence-electron chi connectivity index (χ3n) is 3.91. The van der Waals surface area contributed by atoms with Crippen molar-refractivity contribution in [2.24, 2.45) is 0 Å². The highest BCUT2D eigenvalue weighted by atomic mass is 28.4. The lowest BCUT2D eigenvalue weighted by molar-refractivity contribution is 0.175. The average molecular weight is 257 g/mol. The standard InChI is InChI=1S/C15H32OSi/c1-6-11-12-14-15(13-7-2)16-17(8-3,9-4)10-5/h7,15H,2,6,8-14H2,1,3-5H3. The molecule has 17 heavy (non-hydrogen) atoms. The maximum Gasteiger partial charge on any atom is 0.192 e. The van der Waals surface area contributed by atoms with Gasteiger partial charge in [0.25, 0.3) is 0 Å². The van der Waals surface area contributed by atoms with Crippen molar-refractivity contribution in [3.05, 3.63) is 12.7 Å². The van der Waals surface area contributed by atoms with Crippen molar-refractivity contribution in [1.82, 2.24) is 0 Å². The van der Waals surface area contributed by atoms with Crippen LogP contribution in [0.4, 0.5) is 0 Å². The molecule has 0 bridgehead atoms. The van der Waals surface area contributed by atoms with E-state index in [1.807, 2.05) is 6.08 Å². The molecule has 0 aromatic heterocycles. The Balaban J connectivity index is 4.32. The summed E-state index contributed by atoms with van der Waals surface area (Å²) in [4.78, 5) is 0. The molecule has 1 nitrogen and oxygen atoms in total. The Morgan fingerprint density at radius 1 is 1.06 bits per heavy atom. The van der Waals surface area contributed by atoms with Crippen LogP contribution in [0.5, 0.6) is 0 Å². The highest BCUT2D eigenvalue weighted by Gasteiger charge is 2.31. The second-order valence-electron chi connectivity index (χ2n) is 5.00. The minimum absolute atomic E-state index is 0.436. The zero-order chi connectivity index (χ0) is 13.1. The first-order valence-electron chi connectivity index (χ1n) is 7.46. The van der Waals surface area contributed by atoms with Gasteiger partial charge in [-0.15, -0.1) is 6.58 Å². The Morgan fingerprint density at radius 2 is 1.65 bits per heavy atom. The molecule has 0 aromatic rings. The van der Waals surface area contributed by atoms with E-state index in [1.54, 1.807) is 0 Å². The van der Waals surface area contributed by atoms with Gasteiger partial charge in [-0.2, -0.15) is 0 Å². The molecule has 2 heteroatoms. The van der Waals surface area contributed by atoms with E-state index in [-0.39, 0.29) is 0 Å². The molecule has 0 radical (unpaired) electrons. The summed E-state index contributed by atoms with van der Waals surface area (Å²) < 4.78 is 6.54. The fraction of sp³-hybridized carbons (Fsp3) is 0.867. The van der Waals surface area contributed by atoms with E-state index in [0.29, 0.717) is 6.10 Å². The van der Waals surface area contributed by atoms with Crippen molar-refractivity contribution in [1.29, 1.82) is 0 Å². The molecular formula is C15H32OSi. The van der Waals surface area contributed by atoms with Crippen LogP contribution in [0.15, 0.2) is 12.7 Å². The van der Waals surface area contributed by atoms with Gasteiger partial charge in [0.05, 0.1) is 0 Å².